The highest BCUT2D eigenvalue weighted by Gasteiger charge is 2.30. The molecule has 152 valence electrons. The van der Waals surface area contributed by atoms with E-state index in [0.29, 0.717) is 11.4 Å². The largest absolute Gasteiger partial charge is 0.496 e. The summed E-state index contributed by atoms with van der Waals surface area (Å²) in [5.41, 5.74) is 2.38. The molecular weight excluding hydrogens is 376 g/mol. The van der Waals surface area contributed by atoms with Crippen LogP contribution in [0.1, 0.15) is 37.9 Å². The lowest BCUT2D eigenvalue weighted by Crippen LogP contribution is -2.48. The number of para-hydroxylation sites is 1. The lowest BCUT2D eigenvalue weighted by atomic mass is 10.1. The highest BCUT2D eigenvalue weighted by atomic mass is 32.2. The monoisotopic (exact) mass is 404 g/mol. The Bertz CT molecular complexity index is 910. The zero-order valence-corrected chi connectivity index (χ0v) is 17.8. The van der Waals surface area contributed by atoms with Gasteiger partial charge in [-0.3, -0.25) is 9.10 Å². The first-order valence-electron chi connectivity index (χ1n) is 9.20. The van der Waals surface area contributed by atoms with Crippen LogP contribution in [0.5, 0.6) is 5.75 Å². The summed E-state index contributed by atoms with van der Waals surface area (Å²) in [4.78, 5) is 12.9. The van der Waals surface area contributed by atoms with Crippen LogP contribution in [-0.2, 0) is 21.2 Å². The maximum absolute atomic E-state index is 12.9. The first-order chi connectivity index (χ1) is 13.2. The van der Waals surface area contributed by atoms with Crippen molar-refractivity contribution in [3.63, 3.8) is 0 Å². The van der Waals surface area contributed by atoms with Gasteiger partial charge in [0.25, 0.3) is 0 Å². The van der Waals surface area contributed by atoms with Gasteiger partial charge in [0.1, 0.15) is 11.8 Å². The van der Waals surface area contributed by atoms with Crippen molar-refractivity contribution in [2.75, 3.05) is 17.7 Å². The number of carbonyl (C=O) groups excluding carboxylic acids is 1. The van der Waals surface area contributed by atoms with Crippen LogP contribution in [0.3, 0.4) is 0 Å². The fourth-order valence-corrected chi connectivity index (χ4v) is 4.30. The van der Waals surface area contributed by atoms with Gasteiger partial charge >= 0.3 is 0 Å². The number of nitrogens with zero attached hydrogens (tertiary/aromatic N) is 1. The molecule has 1 N–H and O–H groups in total. The van der Waals surface area contributed by atoms with Gasteiger partial charge in [-0.25, -0.2) is 8.42 Å². The van der Waals surface area contributed by atoms with Gasteiger partial charge in [-0.05, 0) is 44.0 Å². The van der Waals surface area contributed by atoms with Crippen LogP contribution < -0.4 is 14.4 Å². The van der Waals surface area contributed by atoms with E-state index in [4.69, 9.17) is 4.74 Å². The maximum atomic E-state index is 12.9. The van der Waals surface area contributed by atoms with Crippen molar-refractivity contribution < 1.29 is 17.9 Å². The fraction of sp³-hybridized carbons (Fsp3) is 0.381. The second kappa shape index (κ2) is 9.10. The van der Waals surface area contributed by atoms with Crippen LogP contribution in [0.15, 0.2) is 48.5 Å². The van der Waals surface area contributed by atoms with Crippen molar-refractivity contribution in [1.29, 1.82) is 0 Å². The van der Waals surface area contributed by atoms with Crippen LogP contribution in [0.4, 0.5) is 5.69 Å². The molecule has 2 aromatic rings. The standard InChI is InChI=1S/C21H28N2O4S/c1-6-17-11-13-18(14-12-17)23(28(5,25)26)16(3)21(24)22-15(2)19-9-7-8-10-20(19)27-4/h7-16H,6H2,1-5H3,(H,22,24)/t15-,16+/m1/s1. The smallest absolute Gasteiger partial charge is 0.244 e. The van der Waals surface area contributed by atoms with Crippen molar-refractivity contribution >= 4 is 21.6 Å². The highest BCUT2D eigenvalue weighted by molar-refractivity contribution is 7.92. The Morgan fingerprint density at radius 1 is 1.11 bits per heavy atom. The number of nitrogens with one attached hydrogen (secondary N) is 1. The van der Waals surface area contributed by atoms with Crippen LogP contribution in [0.25, 0.3) is 0 Å². The van der Waals surface area contributed by atoms with Gasteiger partial charge in [0.05, 0.1) is 25.1 Å². The van der Waals surface area contributed by atoms with E-state index in [1.165, 1.54) is 0 Å². The Morgan fingerprint density at radius 2 is 1.71 bits per heavy atom. The minimum absolute atomic E-state index is 0.338. The Balaban J connectivity index is 2.26. The summed E-state index contributed by atoms with van der Waals surface area (Å²) in [6.45, 7) is 5.45. The van der Waals surface area contributed by atoms with E-state index >= 15 is 0 Å². The Labute approximate surface area is 167 Å². The molecule has 0 fully saturated rings. The predicted octanol–water partition coefficient (Wildman–Crippen LogP) is 3.29. The summed E-state index contributed by atoms with van der Waals surface area (Å²) in [6, 6.07) is 13.4. The quantitative estimate of drug-likeness (QED) is 0.733. The van der Waals surface area contributed by atoms with Crippen molar-refractivity contribution in [2.45, 2.75) is 39.3 Å². The molecule has 2 rings (SSSR count). The lowest BCUT2D eigenvalue weighted by Gasteiger charge is -2.29. The SMILES string of the molecule is CCc1ccc(N([C@@H](C)C(=O)N[C@H](C)c2ccccc2OC)S(C)(=O)=O)cc1. The molecule has 0 bridgehead atoms. The van der Waals surface area contributed by atoms with Crippen molar-refractivity contribution in [1.82, 2.24) is 5.32 Å². The molecule has 7 heteroatoms. The molecule has 0 aliphatic rings. The van der Waals surface area contributed by atoms with E-state index in [-0.39, 0.29) is 11.9 Å². The average Bonchev–Trinajstić information content (AvgIpc) is 2.67. The van der Waals surface area contributed by atoms with E-state index in [1.54, 1.807) is 26.2 Å². The summed E-state index contributed by atoms with van der Waals surface area (Å²) >= 11 is 0. The molecule has 0 saturated heterocycles. The lowest BCUT2D eigenvalue weighted by molar-refractivity contribution is -0.122. The van der Waals surface area contributed by atoms with Crippen molar-refractivity contribution in [2.24, 2.45) is 0 Å². The number of carbonyl (C=O) groups is 1. The molecule has 0 unspecified atom stereocenters. The Hall–Kier alpha value is -2.54. The molecule has 0 aliphatic carbocycles. The van der Waals surface area contributed by atoms with Crippen LogP contribution >= 0.6 is 0 Å². The van der Waals surface area contributed by atoms with E-state index in [1.807, 2.05) is 50.2 Å². The van der Waals surface area contributed by atoms with Crippen LogP contribution in [-0.4, -0.2) is 33.7 Å². The number of methoxy groups -OCH3 is 1. The minimum Gasteiger partial charge on any atom is -0.496 e. The van der Waals surface area contributed by atoms with E-state index in [0.717, 1.165) is 28.1 Å². The third kappa shape index (κ3) is 5.04. The molecule has 0 spiro atoms. The summed E-state index contributed by atoms with van der Waals surface area (Å²) in [6.07, 6.45) is 1.96. The number of ether oxygens (including phenoxy) is 1. The van der Waals surface area contributed by atoms with Crippen LogP contribution in [0.2, 0.25) is 0 Å². The maximum Gasteiger partial charge on any atom is 0.244 e. The average molecular weight is 405 g/mol. The zero-order valence-electron chi connectivity index (χ0n) is 17.0. The molecule has 1 amide bonds. The zero-order chi connectivity index (χ0) is 20.9. The molecule has 0 heterocycles. The first kappa shape index (κ1) is 21.8. The van der Waals surface area contributed by atoms with E-state index < -0.39 is 16.1 Å². The first-order valence-corrected chi connectivity index (χ1v) is 11.1. The number of rotatable bonds is 8. The number of hydrogen-bond donors (Lipinski definition) is 1. The Kier molecular flexibility index (Phi) is 7.07. The van der Waals surface area contributed by atoms with Gasteiger partial charge in [0.15, 0.2) is 0 Å². The minimum atomic E-state index is -3.65. The predicted molar refractivity (Wildman–Crippen MR) is 112 cm³/mol. The van der Waals surface area contributed by atoms with Gasteiger partial charge in [0.2, 0.25) is 15.9 Å². The molecular formula is C21H28N2O4S. The highest BCUT2D eigenvalue weighted by Crippen LogP contribution is 2.26. The number of aryl methyl sites for hydroxylation is 1. The number of amides is 1. The summed E-state index contributed by atoms with van der Waals surface area (Å²) in [7, 11) is -2.08. The van der Waals surface area contributed by atoms with Gasteiger partial charge in [-0.1, -0.05) is 37.3 Å². The number of sulfonamides is 1. The second-order valence-corrected chi connectivity index (χ2v) is 8.59. The van der Waals surface area contributed by atoms with Crippen LogP contribution in [0, 0.1) is 0 Å². The number of benzene rings is 2. The molecule has 28 heavy (non-hydrogen) atoms. The van der Waals surface area contributed by atoms with Gasteiger partial charge in [-0.2, -0.15) is 0 Å². The number of anilines is 1. The third-order valence-corrected chi connectivity index (χ3v) is 5.89. The normalized spacial score (nSPS) is 13.5. The summed E-state index contributed by atoms with van der Waals surface area (Å²) in [5, 5.41) is 2.89. The van der Waals surface area contributed by atoms with Gasteiger partial charge in [0, 0.05) is 5.56 Å². The Morgan fingerprint density at radius 3 is 2.25 bits per heavy atom. The van der Waals surface area contributed by atoms with E-state index in [9.17, 15) is 13.2 Å². The molecule has 6 nitrogen and oxygen atoms in total. The van der Waals surface area contributed by atoms with Gasteiger partial charge < -0.3 is 10.1 Å². The summed E-state index contributed by atoms with van der Waals surface area (Å²) < 4.78 is 31.3. The van der Waals surface area contributed by atoms with Gasteiger partial charge in [-0.15, -0.1) is 0 Å². The van der Waals surface area contributed by atoms with E-state index in [2.05, 4.69) is 5.32 Å². The summed E-state index contributed by atoms with van der Waals surface area (Å²) in [5.74, 6) is 0.279. The second-order valence-electron chi connectivity index (χ2n) is 6.73. The molecule has 2 aromatic carbocycles. The molecule has 0 aromatic heterocycles. The number of hydrogen-bond acceptors (Lipinski definition) is 4. The van der Waals surface area contributed by atoms with Crippen molar-refractivity contribution in [3.05, 3.63) is 59.7 Å². The molecule has 0 radical (unpaired) electrons. The molecule has 2 atom stereocenters. The topological polar surface area (TPSA) is 75.7 Å². The fourth-order valence-electron chi connectivity index (χ4n) is 3.12. The molecule has 0 saturated carbocycles. The van der Waals surface area contributed by atoms with Crippen molar-refractivity contribution in [3.8, 4) is 5.75 Å². The third-order valence-electron chi connectivity index (χ3n) is 4.65. The molecule has 0 aliphatic heterocycles.